The minimum absolute atomic E-state index is 0.163. The van der Waals surface area contributed by atoms with Gasteiger partial charge in [-0.05, 0) is 70.7 Å². The molecular weight excluding hydrogens is 562 g/mol. The molecule has 1 aliphatic heterocycles. The van der Waals surface area contributed by atoms with Crippen molar-refractivity contribution in [1.82, 2.24) is 9.66 Å². The van der Waals surface area contributed by atoms with Crippen LogP contribution in [0.3, 0.4) is 0 Å². The number of ether oxygens (including phenoxy) is 4. The molecule has 6 rings (SSSR count). The van der Waals surface area contributed by atoms with Gasteiger partial charge in [0.05, 0.1) is 24.2 Å². The zero-order valence-electron chi connectivity index (χ0n) is 21.6. The standard InChI is InChI=1S/C30H28BrN3O5/c1-36-26-14-21(23(31)15-28(26)37-17-19-11-12-25-27(13-19)39-18-38-25)16-32-34-29(20-7-3-2-4-8-20)33-24-10-6-5-9-22(24)30(34)35/h5-6,9-16,20H,2-4,7-8,17-18H2,1H3. The summed E-state index contributed by atoms with van der Waals surface area (Å²) < 4.78 is 24.8. The molecule has 0 saturated heterocycles. The Bertz CT molecular complexity index is 1610. The van der Waals surface area contributed by atoms with Gasteiger partial charge in [0, 0.05) is 16.0 Å². The number of fused-ring (bicyclic) bond motifs is 2. The molecule has 1 aromatic heterocycles. The van der Waals surface area contributed by atoms with Crippen molar-refractivity contribution >= 4 is 33.0 Å². The molecule has 0 N–H and O–H groups in total. The number of hydrogen-bond donors (Lipinski definition) is 0. The van der Waals surface area contributed by atoms with Crippen LogP contribution in [0.1, 0.15) is 55.0 Å². The van der Waals surface area contributed by atoms with Crippen LogP contribution < -0.4 is 24.5 Å². The Balaban J connectivity index is 1.30. The molecule has 4 aromatic rings. The van der Waals surface area contributed by atoms with Crippen molar-refractivity contribution in [1.29, 1.82) is 0 Å². The predicted molar refractivity (Wildman–Crippen MR) is 152 cm³/mol. The second-order valence-corrected chi connectivity index (χ2v) is 10.5. The topological polar surface area (TPSA) is 84.2 Å². The summed E-state index contributed by atoms with van der Waals surface area (Å²) in [6.07, 6.45) is 7.16. The number of halogens is 1. The summed E-state index contributed by atoms with van der Waals surface area (Å²) in [5.41, 5.74) is 2.24. The van der Waals surface area contributed by atoms with E-state index in [0.29, 0.717) is 34.8 Å². The molecular formula is C30H28BrN3O5. The largest absolute Gasteiger partial charge is 0.493 e. The molecule has 2 aliphatic rings. The lowest BCUT2D eigenvalue weighted by Gasteiger charge is -2.22. The summed E-state index contributed by atoms with van der Waals surface area (Å²) in [5, 5.41) is 5.21. The molecule has 8 nitrogen and oxygen atoms in total. The monoisotopic (exact) mass is 589 g/mol. The van der Waals surface area contributed by atoms with Crippen LogP contribution in [-0.2, 0) is 6.61 Å². The fraction of sp³-hybridized carbons (Fsp3) is 0.300. The van der Waals surface area contributed by atoms with Gasteiger partial charge in [0.25, 0.3) is 5.56 Å². The Morgan fingerprint density at radius 3 is 2.72 bits per heavy atom. The molecule has 0 bridgehead atoms. The first-order valence-corrected chi connectivity index (χ1v) is 13.8. The van der Waals surface area contributed by atoms with Gasteiger partial charge in [-0.3, -0.25) is 4.79 Å². The number of para-hydroxylation sites is 1. The summed E-state index contributed by atoms with van der Waals surface area (Å²) in [7, 11) is 1.59. The van der Waals surface area contributed by atoms with E-state index in [1.165, 1.54) is 11.1 Å². The zero-order valence-corrected chi connectivity index (χ0v) is 23.1. The summed E-state index contributed by atoms with van der Waals surface area (Å²) >= 11 is 3.64. The molecule has 1 saturated carbocycles. The highest BCUT2D eigenvalue weighted by Gasteiger charge is 2.22. The van der Waals surface area contributed by atoms with Crippen LogP contribution in [0.15, 0.2) is 69.0 Å². The minimum atomic E-state index is -0.163. The summed E-state index contributed by atoms with van der Waals surface area (Å²) in [5.74, 6) is 3.50. The zero-order chi connectivity index (χ0) is 26.8. The normalized spacial score (nSPS) is 15.2. The van der Waals surface area contributed by atoms with E-state index in [2.05, 4.69) is 21.0 Å². The van der Waals surface area contributed by atoms with Crippen molar-refractivity contribution in [3.05, 3.63) is 86.4 Å². The Morgan fingerprint density at radius 2 is 1.87 bits per heavy atom. The van der Waals surface area contributed by atoms with Crippen LogP contribution in [0.2, 0.25) is 0 Å². The van der Waals surface area contributed by atoms with E-state index in [-0.39, 0.29) is 18.3 Å². The molecule has 1 aliphatic carbocycles. The quantitative estimate of drug-likeness (QED) is 0.232. The SMILES string of the molecule is COc1cc(C=Nn2c(C3CCCCC3)nc3ccccc3c2=O)c(Br)cc1OCc1ccc2c(c1)OCO2. The van der Waals surface area contributed by atoms with E-state index in [9.17, 15) is 4.79 Å². The Hall–Kier alpha value is -3.85. The average molecular weight is 590 g/mol. The van der Waals surface area contributed by atoms with Crippen LogP contribution in [0, 0.1) is 0 Å². The Kier molecular flexibility index (Phi) is 7.24. The van der Waals surface area contributed by atoms with E-state index in [4.69, 9.17) is 23.9 Å². The highest BCUT2D eigenvalue weighted by molar-refractivity contribution is 9.10. The lowest BCUT2D eigenvalue weighted by atomic mass is 9.88. The molecule has 1 fully saturated rings. The molecule has 0 radical (unpaired) electrons. The molecule has 3 aromatic carbocycles. The lowest BCUT2D eigenvalue weighted by Crippen LogP contribution is -2.25. The van der Waals surface area contributed by atoms with Gasteiger partial charge in [0.1, 0.15) is 12.4 Å². The van der Waals surface area contributed by atoms with Crippen molar-refractivity contribution < 1.29 is 18.9 Å². The Morgan fingerprint density at radius 1 is 1.05 bits per heavy atom. The molecule has 0 unspecified atom stereocenters. The molecule has 0 spiro atoms. The third-order valence-electron chi connectivity index (χ3n) is 7.18. The third-order valence-corrected chi connectivity index (χ3v) is 7.86. The number of aromatic nitrogens is 2. The first kappa shape index (κ1) is 25.4. The average Bonchev–Trinajstić information content (AvgIpc) is 3.45. The predicted octanol–water partition coefficient (Wildman–Crippen LogP) is 6.41. The van der Waals surface area contributed by atoms with E-state index in [1.807, 2.05) is 48.5 Å². The first-order valence-electron chi connectivity index (χ1n) is 13.1. The smallest absolute Gasteiger partial charge is 0.282 e. The number of methoxy groups -OCH3 is 1. The third kappa shape index (κ3) is 5.23. The number of nitrogens with zero attached hydrogens (tertiary/aromatic N) is 3. The van der Waals surface area contributed by atoms with Gasteiger partial charge >= 0.3 is 0 Å². The van der Waals surface area contributed by atoms with E-state index >= 15 is 0 Å². The van der Waals surface area contributed by atoms with Gasteiger partial charge in [0.15, 0.2) is 23.0 Å². The summed E-state index contributed by atoms with van der Waals surface area (Å²) in [6, 6.07) is 16.8. The van der Waals surface area contributed by atoms with Crippen molar-refractivity contribution in [3.8, 4) is 23.0 Å². The first-order chi connectivity index (χ1) is 19.1. The van der Waals surface area contributed by atoms with Crippen LogP contribution in [0.4, 0.5) is 0 Å². The van der Waals surface area contributed by atoms with Crippen LogP contribution in [-0.4, -0.2) is 29.8 Å². The van der Waals surface area contributed by atoms with Crippen molar-refractivity contribution in [2.45, 2.75) is 44.6 Å². The number of benzene rings is 3. The van der Waals surface area contributed by atoms with Gasteiger partial charge in [-0.15, -0.1) is 0 Å². The van der Waals surface area contributed by atoms with Crippen LogP contribution >= 0.6 is 15.9 Å². The maximum atomic E-state index is 13.5. The van der Waals surface area contributed by atoms with E-state index < -0.39 is 0 Å². The highest BCUT2D eigenvalue weighted by Crippen LogP contribution is 2.36. The molecule has 200 valence electrons. The van der Waals surface area contributed by atoms with Gasteiger partial charge in [-0.2, -0.15) is 9.78 Å². The number of hydrogen-bond acceptors (Lipinski definition) is 7. The van der Waals surface area contributed by atoms with Crippen molar-refractivity contribution in [2.75, 3.05) is 13.9 Å². The molecule has 2 heterocycles. The maximum absolute atomic E-state index is 13.5. The minimum Gasteiger partial charge on any atom is -0.493 e. The highest BCUT2D eigenvalue weighted by atomic mass is 79.9. The second-order valence-electron chi connectivity index (χ2n) is 9.68. The fourth-order valence-electron chi connectivity index (χ4n) is 5.11. The molecule has 39 heavy (non-hydrogen) atoms. The van der Waals surface area contributed by atoms with Crippen LogP contribution in [0.5, 0.6) is 23.0 Å². The van der Waals surface area contributed by atoms with Gasteiger partial charge in [0.2, 0.25) is 6.79 Å². The van der Waals surface area contributed by atoms with E-state index in [0.717, 1.165) is 52.9 Å². The Labute approximate surface area is 234 Å². The number of rotatable bonds is 7. The van der Waals surface area contributed by atoms with Gasteiger partial charge < -0.3 is 18.9 Å². The van der Waals surface area contributed by atoms with Crippen LogP contribution in [0.25, 0.3) is 10.9 Å². The summed E-state index contributed by atoms with van der Waals surface area (Å²) in [4.78, 5) is 18.4. The molecule has 9 heteroatoms. The molecule has 0 atom stereocenters. The fourth-order valence-corrected chi connectivity index (χ4v) is 5.54. The van der Waals surface area contributed by atoms with E-state index in [1.54, 1.807) is 19.4 Å². The van der Waals surface area contributed by atoms with Crippen molar-refractivity contribution in [3.63, 3.8) is 0 Å². The van der Waals surface area contributed by atoms with Gasteiger partial charge in [-0.25, -0.2) is 4.98 Å². The molecule has 0 amide bonds. The lowest BCUT2D eigenvalue weighted by molar-refractivity contribution is 0.174. The van der Waals surface area contributed by atoms with Gasteiger partial charge in [-0.1, -0.05) is 37.5 Å². The summed E-state index contributed by atoms with van der Waals surface area (Å²) in [6.45, 7) is 0.558. The second kappa shape index (κ2) is 11.1. The maximum Gasteiger partial charge on any atom is 0.282 e. The van der Waals surface area contributed by atoms with Crippen molar-refractivity contribution in [2.24, 2.45) is 5.10 Å².